The van der Waals surface area contributed by atoms with Gasteiger partial charge in [-0.15, -0.1) is 0 Å². The van der Waals surface area contributed by atoms with Gasteiger partial charge in [0.1, 0.15) is 5.75 Å². The number of carbonyl (C=O) groups is 1. The molecule has 1 amide bonds. The SMILES string of the molecule is O=C1CCc2c(cccc2OCCCN2CCC(O)(c3ccccc3)CC2)N1. The summed E-state index contributed by atoms with van der Waals surface area (Å²) in [4.78, 5) is 13.9. The van der Waals surface area contributed by atoms with Gasteiger partial charge in [0.2, 0.25) is 5.91 Å². The summed E-state index contributed by atoms with van der Waals surface area (Å²) >= 11 is 0. The molecule has 28 heavy (non-hydrogen) atoms. The quantitative estimate of drug-likeness (QED) is 0.755. The van der Waals surface area contributed by atoms with Crippen molar-refractivity contribution in [3.05, 3.63) is 59.7 Å². The van der Waals surface area contributed by atoms with E-state index < -0.39 is 5.60 Å². The van der Waals surface area contributed by atoms with Gasteiger partial charge >= 0.3 is 0 Å². The molecule has 2 aliphatic rings. The topological polar surface area (TPSA) is 61.8 Å². The number of fused-ring (bicyclic) bond motifs is 1. The first-order valence-corrected chi connectivity index (χ1v) is 10.2. The van der Waals surface area contributed by atoms with Gasteiger partial charge in [0.25, 0.3) is 0 Å². The Morgan fingerprint density at radius 2 is 1.82 bits per heavy atom. The summed E-state index contributed by atoms with van der Waals surface area (Å²) in [7, 11) is 0. The van der Waals surface area contributed by atoms with Gasteiger partial charge in [-0.2, -0.15) is 0 Å². The molecular formula is C23H28N2O3. The van der Waals surface area contributed by atoms with E-state index >= 15 is 0 Å². The Hall–Kier alpha value is -2.37. The lowest BCUT2D eigenvalue weighted by atomic mass is 9.84. The maximum atomic E-state index is 11.5. The summed E-state index contributed by atoms with van der Waals surface area (Å²) in [6.45, 7) is 3.43. The molecule has 0 radical (unpaired) electrons. The second-order valence-corrected chi connectivity index (χ2v) is 7.77. The fraction of sp³-hybridized carbons (Fsp3) is 0.435. The van der Waals surface area contributed by atoms with Crippen LogP contribution in [0.2, 0.25) is 0 Å². The predicted molar refractivity (Wildman–Crippen MR) is 110 cm³/mol. The molecule has 5 nitrogen and oxygen atoms in total. The molecule has 0 unspecified atom stereocenters. The van der Waals surface area contributed by atoms with Crippen LogP contribution in [0.4, 0.5) is 5.69 Å². The molecule has 0 aromatic heterocycles. The predicted octanol–water partition coefficient (Wildman–Crippen LogP) is 3.32. The highest BCUT2D eigenvalue weighted by Gasteiger charge is 2.33. The highest BCUT2D eigenvalue weighted by molar-refractivity contribution is 5.94. The smallest absolute Gasteiger partial charge is 0.224 e. The number of aliphatic hydroxyl groups is 1. The van der Waals surface area contributed by atoms with E-state index in [-0.39, 0.29) is 5.91 Å². The number of nitrogens with zero attached hydrogens (tertiary/aromatic N) is 1. The number of rotatable bonds is 6. The Balaban J connectivity index is 1.23. The lowest BCUT2D eigenvalue weighted by Crippen LogP contribution is -2.43. The van der Waals surface area contributed by atoms with Crippen molar-refractivity contribution in [1.82, 2.24) is 4.90 Å². The second-order valence-electron chi connectivity index (χ2n) is 7.77. The highest BCUT2D eigenvalue weighted by Crippen LogP contribution is 2.33. The van der Waals surface area contributed by atoms with Crippen LogP contribution in [0.25, 0.3) is 0 Å². The molecule has 148 valence electrons. The first-order chi connectivity index (χ1) is 13.6. The Morgan fingerprint density at radius 1 is 1.04 bits per heavy atom. The van der Waals surface area contributed by atoms with E-state index in [0.717, 1.165) is 67.9 Å². The number of nitrogens with one attached hydrogen (secondary N) is 1. The van der Waals surface area contributed by atoms with Crippen molar-refractivity contribution in [3.8, 4) is 5.75 Å². The largest absolute Gasteiger partial charge is 0.493 e. The van der Waals surface area contributed by atoms with Crippen LogP contribution in [0.15, 0.2) is 48.5 Å². The van der Waals surface area contributed by atoms with Crippen molar-refractivity contribution >= 4 is 11.6 Å². The highest BCUT2D eigenvalue weighted by atomic mass is 16.5. The van der Waals surface area contributed by atoms with Crippen LogP contribution in [0.3, 0.4) is 0 Å². The van der Waals surface area contributed by atoms with Crippen molar-refractivity contribution in [2.45, 2.75) is 37.7 Å². The number of hydrogen-bond donors (Lipinski definition) is 2. The number of likely N-dealkylation sites (tertiary alicyclic amines) is 1. The van der Waals surface area contributed by atoms with E-state index in [1.807, 2.05) is 48.5 Å². The molecule has 0 spiro atoms. The molecule has 2 N–H and O–H groups in total. The second kappa shape index (κ2) is 8.33. The molecule has 0 atom stereocenters. The van der Waals surface area contributed by atoms with Crippen molar-refractivity contribution < 1.29 is 14.6 Å². The zero-order valence-electron chi connectivity index (χ0n) is 16.2. The monoisotopic (exact) mass is 380 g/mol. The molecule has 0 aliphatic carbocycles. The van der Waals surface area contributed by atoms with Crippen LogP contribution in [-0.4, -0.2) is 42.2 Å². The van der Waals surface area contributed by atoms with Gasteiger partial charge in [-0.05, 0) is 43.4 Å². The molecule has 2 aliphatic heterocycles. The minimum Gasteiger partial charge on any atom is -0.493 e. The molecule has 0 bridgehead atoms. The molecule has 0 saturated carbocycles. The van der Waals surface area contributed by atoms with Crippen LogP contribution < -0.4 is 10.1 Å². The van der Waals surface area contributed by atoms with E-state index in [9.17, 15) is 9.90 Å². The molecule has 2 aromatic rings. The van der Waals surface area contributed by atoms with Gasteiger partial charge in [-0.1, -0.05) is 36.4 Å². The third kappa shape index (κ3) is 4.21. The number of piperidine rings is 1. The molecular weight excluding hydrogens is 352 g/mol. The summed E-state index contributed by atoms with van der Waals surface area (Å²) in [6.07, 6.45) is 3.74. The minimum absolute atomic E-state index is 0.0743. The number of carbonyl (C=O) groups excluding carboxylic acids is 1. The molecule has 2 heterocycles. The third-order valence-corrected chi connectivity index (χ3v) is 5.88. The van der Waals surface area contributed by atoms with Crippen molar-refractivity contribution in [1.29, 1.82) is 0 Å². The standard InChI is InChI=1S/C23H28N2O3/c26-22-11-10-19-20(24-22)8-4-9-21(19)28-17-5-14-25-15-12-23(27,13-16-25)18-6-2-1-3-7-18/h1-4,6-9,27H,5,10-17H2,(H,24,26). The third-order valence-electron chi connectivity index (χ3n) is 5.88. The zero-order valence-corrected chi connectivity index (χ0v) is 16.2. The maximum absolute atomic E-state index is 11.5. The van der Waals surface area contributed by atoms with Crippen LogP contribution in [-0.2, 0) is 16.8 Å². The summed E-state index contributed by atoms with van der Waals surface area (Å²) < 4.78 is 6.01. The Bertz CT molecular complexity index is 814. The number of benzene rings is 2. The van der Waals surface area contributed by atoms with Gasteiger partial charge < -0.3 is 20.1 Å². The molecule has 4 rings (SSSR count). The van der Waals surface area contributed by atoms with Gasteiger partial charge in [0.05, 0.1) is 12.2 Å². The molecule has 2 aromatic carbocycles. The van der Waals surface area contributed by atoms with E-state index in [1.54, 1.807) is 0 Å². The molecule has 5 heteroatoms. The zero-order chi connectivity index (χ0) is 19.4. The van der Waals surface area contributed by atoms with Crippen LogP contribution in [0, 0.1) is 0 Å². The number of ether oxygens (including phenoxy) is 1. The fourth-order valence-electron chi connectivity index (χ4n) is 4.18. The van der Waals surface area contributed by atoms with E-state index in [1.165, 1.54) is 0 Å². The minimum atomic E-state index is -0.693. The average Bonchev–Trinajstić information content (AvgIpc) is 2.73. The average molecular weight is 380 g/mol. The summed E-state index contributed by atoms with van der Waals surface area (Å²) in [5, 5.41) is 13.8. The summed E-state index contributed by atoms with van der Waals surface area (Å²) in [6, 6.07) is 15.8. The number of amides is 1. The summed E-state index contributed by atoms with van der Waals surface area (Å²) in [5.74, 6) is 0.958. The maximum Gasteiger partial charge on any atom is 0.224 e. The first kappa shape index (κ1) is 19.0. The van der Waals surface area contributed by atoms with Crippen LogP contribution in [0.5, 0.6) is 5.75 Å². The lowest BCUT2D eigenvalue weighted by Gasteiger charge is -2.38. The Labute approximate surface area is 166 Å². The van der Waals surface area contributed by atoms with Crippen molar-refractivity contribution in [2.75, 3.05) is 31.6 Å². The van der Waals surface area contributed by atoms with Gasteiger partial charge in [-0.3, -0.25) is 4.79 Å². The first-order valence-electron chi connectivity index (χ1n) is 10.2. The molecule has 1 fully saturated rings. The van der Waals surface area contributed by atoms with Gasteiger partial charge in [0.15, 0.2) is 0 Å². The van der Waals surface area contributed by atoms with Crippen molar-refractivity contribution in [2.24, 2.45) is 0 Å². The van der Waals surface area contributed by atoms with E-state index in [0.29, 0.717) is 13.0 Å². The molecule has 1 saturated heterocycles. The fourth-order valence-corrected chi connectivity index (χ4v) is 4.18. The van der Waals surface area contributed by atoms with E-state index in [2.05, 4.69) is 10.2 Å². The summed E-state index contributed by atoms with van der Waals surface area (Å²) in [5.41, 5.74) is 2.32. The normalized spacial score (nSPS) is 19.0. The number of anilines is 1. The van der Waals surface area contributed by atoms with Gasteiger partial charge in [0, 0.05) is 37.3 Å². The van der Waals surface area contributed by atoms with Crippen molar-refractivity contribution in [3.63, 3.8) is 0 Å². The Kier molecular flexibility index (Phi) is 5.64. The number of hydrogen-bond acceptors (Lipinski definition) is 4. The van der Waals surface area contributed by atoms with Crippen LogP contribution in [0.1, 0.15) is 36.8 Å². The lowest BCUT2D eigenvalue weighted by molar-refractivity contribution is -0.116. The van der Waals surface area contributed by atoms with Crippen LogP contribution >= 0.6 is 0 Å². The Morgan fingerprint density at radius 3 is 2.61 bits per heavy atom. The van der Waals surface area contributed by atoms with E-state index in [4.69, 9.17) is 4.74 Å². The van der Waals surface area contributed by atoms with Gasteiger partial charge in [-0.25, -0.2) is 0 Å².